The van der Waals surface area contributed by atoms with Crippen molar-refractivity contribution in [2.45, 2.75) is 6.92 Å². The van der Waals surface area contributed by atoms with E-state index in [1.54, 1.807) is 13.0 Å². The highest BCUT2D eigenvalue weighted by Gasteiger charge is 2.15. The quantitative estimate of drug-likeness (QED) is 0.600. The Balaban J connectivity index is 2.76. The molecule has 80 valence electrons. The second-order valence-electron chi connectivity index (χ2n) is 3.57. The van der Waals surface area contributed by atoms with E-state index in [0.29, 0.717) is 22.2 Å². The lowest BCUT2D eigenvalue weighted by Gasteiger charge is -2.01. The van der Waals surface area contributed by atoms with Crippen LogP contribution in [0.1, 0.15) is 5.76 Å². The number of nitrogens with zero attached hydrogens (tertiary/aromatic N) is 2. The van der Waals surface area contributed by atoms with Crippen molar-refractivity contribution in [3.05, 3.63) is 40.4 Å². The molecule has 0 bridgehead atoms. The number of para-hydroxylation sites is 1. The zero-order valence-corrected chi connectivity index (χ0v) is 9.15. The smallest absolute Gasteiger partial charge is 0.278 e. The minimum absolute atomic E-state index is 0.297. The first-order chi connectivity index (χ1) is 7.70. The summed E-state index contributed by atoms with van der Waals surface area (Å²) in [4.78, 5) is 12.0. The first-order valence-corrected chi connectivity index (χ1v) is 5.10. The van der Waals surface area contributed by atoms with E-state index < -0.39 is 0 Å². The lowest BCUT2D eigenvalue weighted by atomic mass is 10.1. The minimum atomic E-state index is -0.297. The van der Waals surface area contributed by atoms with Gasteiger partial charge in [-0.2, -0.15) is 0 Å². The maximum atomic E-state index is 12.0. The van der Waals surface area contributed by atoms with Crippen molar-refractivity contribution in [2.75, 3.05) is 0 Å². The van der Waals surface area contributed by atoms with Gasteiger partial charge in [0.25, 0.3) is 5.56 Å². The summed E-state index contributed by atoms with van der Waals surface area (Å²) in [5.41, 5.74) is 0.902. The predicted molar refractivity (Wildman–Crippen MR) is 61.8 cm³/mol. The van der Waals surface area contributed by atoms with Crippen molar-refractivity contribution in [1.29, 1.82) is 0 Å². The summed E-state index contributed by atoms with van der Waals surface area (Å²) in [6.07, 6.45) is 0. The Morgan fingerprint density at radius 3 is 2.94 bits per heavy atom. The molecule has 0 aliphatic rings. The van der Waals surface area contributed by atoms with Crippen molar-refractivity contribution >= 4 is 33.6 Å². The van der Waals surface area contributed by atoms with Crippen LogP contribution < -0.4 is 5.56 Å². The Hall–Kier alpha value is -1.81. The molecule has 0 N–H and O–H groups in total. The largest absolute Gasteiger partial charge is 0.360 e. The molecular weight excluding hydrogens is 228 g/mol. The molecule has 1 aromatic carbocycles. The standard InChI is InChI=1S/C11H7ClN2O2/c1-6-9-10(13-16-6)7-4-2-3-5-8(7)14(12)11(9)15/h2-5H,1H3. The summed E-state index contributed by atoms with van der Waals surface area (Å²) >= 11 is 5.97. The zero-order valence-electron chi connectivity index (χ0n) is 8.40. The third-order valence-corrected chi connectivity index (χ3v) is 2.96. The van der Waals surface area contributed by atoms with E-state index >= 15 is 0 Å². The van der Waals surface area contributed by atoms with Gasteiger partial charge in [-0.15, -0.1) is 0 Å². The van der Waals surface area contributed by atoms with Gasteiger partial charge < -0.3 is 4.52 Å². The summed E-state index contributed by atoms with van der Waals surface area (Å²) < 4.78 is 6.14. The number of aromatic nitrogens is 2. The molecule has 0 spiro atoms. The molecule has 4 nitrogen and oxygen atoms in total. The molecule has 0 aliphatic carbocycles. The Kier molecular flexibility index (Phi) is 1.82. The van der Waals surface area contributed by atoms with Crippen LogP contribution in [0.4, 0.5) is 0 Å². The number of halogens is 1. The highest BCUT2D eigenvalue weighted by molar-refractivity contribution is 6.21. The maximum absolute atomic E-state index is 12.0. The van der Waals surface area contributed by atoms with Crippen LogP contribution in [0.2, 0.25) is 0 Å². The van der Waals surface area contributed by atoms with Gasteiger partial charge in [-0.3, -0.25) is 4.79 Å². The predicted octanol–water partition coefficient (Wildman–Crippen LogP) is 2.45. The van der Waals surface area contributed by atoms with Crippen LogP contribution in [-0.4, -0.2) is 9.24 Å². The number of aryl methyl sites for hydroxylation is 1. The van der Waals surface area contributed by atoms with Crippen LogP contribution in [0.25, 0.3) is 21.8 Å². The van der Waals surface area contributed by atoms with Crippen LogP contribution in [0.15, 0.2) is 33.6 Å². The Bertz CT molecular complexity index is 758. The number of rotatable bonds is 0. The van der Waals surface area contributed by atoms with Crippen molar-refractivity contribution < 1.29 is 4.52 Å². The number of fused-ring (bicyclic) bond motifs is 3. The van der Waals surface area contributed by atoms with Crippen LogP contribution in [0.3, 0.4) is 0 Å². The normalized spacial score (nSPS) is 11.4. The topological polar surface area (TPSA) is 48.0 Å². The highest BCUT2D eigenvalue weighted by atomic mass is 35.5. The third-order valence-electron chi connectivity index (χ3n) is 2.63. The molecule has 16 heavy (non-hydrogen) atoms. The van der Waals surface area contributed by atoms with E-state index in [9.17, 15) is 4.79 Å². The summed E-state index contributed by atoms with van der Waals surface area (Å²) in [6.45, 7) is 1.70. The second kappa shape index (κ2) is 3.09. The van der Waals surface area contributed by atoms with Gasteiger partial charge in [-0.1, -0.05) is 23.4 Å². The van der Waals surface area contributed by atoms with E-state index in [4.69, 9.17) is 16.3 Å². The molecule has 2 heterocycles. The van der Waals surface area contributed by atoms with Crippen LogP contribution in [0, 0.1) is 6.92 Å². The molecular formula is C11H7ClN2O2. The van der Waals surface area contributed by atoms with Crippen LogP contribution in [-0.2, 0) is 0 Å². The molecule has 0 fully saturated rings. The van der Waals surface area contributed by atoms with E-state index in [-0.39, 0.29) is 5.56 Å². The lowest BCUT2D eigenvalue weighted by Crippen LogP contribution is -2.13. The van der Waals surface area contributed by atoms with Gasteiger partial charge in [0, 0.05) is 17.2 Å². The van der Waals surface area contributed by atoms with Gasteiger partial charge in [-0.05, 0) is 13.0 Å². The molecule has 2 aromatic heterocycles. The number of pyridine rings is 1. The Morgan fingerprint density at radius 2 is 2.12 bits per heavy atom. The molecule has 0 aliphatic heterocycles. The molecule has 5 heteroatoms. The molecule has 0 atom stereocenters. The summed E-state index contributed by atoms with van der Waals surface area (Å²) in [7, 11) is 0. The molecule has 0 unspecified atom stereocenters. The fourth-order valence-electron chi connectivity index (χ4n) is 1.86. The fraction of sp³-hybridized carbons (Fsp3) is 0.0909. The summed E-state index contributed by atoms with van der Waals surface area (Å²) in [6, 6.07) is 7.32. The monoisotopic (exact) mass is 234 g/mol. The third kappa shape index (κ3) is 1.05. The number of hydrogen-bond acceptors (Lipinski definition) is 3. The van der Waals surface area contributed by atoms with Gasteiger partial charge in [0.05, 0.1) is 5.52 Å². The number of hydrogen-bond donors (Lipinski definition) is 0. The maximum Gasteiger partial charge on any atom is 0.278 e. The average Bonchev–Trinajstić information content (AvgIpc) is 2.69. The zero-order chi connectivity index (χ0) is 11.3. The fourth-order valence-corrected chi connectivity index (χ4v) is 2.09. The van der Waals surface area contributed by atoms with Crippen LogP contribution in [0.5, 0.6) is 0 Å². The Labute approximate surface area is 95.1 Å². The van der Waals surface area contributed by atoms with Gasteiger partial charge in [0.15, 0.2) is 0 Å². The van der Waals surface area contributed by atoms with E-state index in [2.05, 4.69) is 5.16 Å². The van der Waals surface area contributed by atoms with Crippen LogP contribution >= 0.6 is 11.8 Å². The van der Waals surface area contributed by atoms with Crippen molar-refractivity contribution in [2.24, 2.45) is 0 Å². The summed E-state index contributed by atoms with van der Waals surface area (Å²) in [5, 5.41) is 5.15. The first-order valence-electron chi connectivity index (χ1n) is 4.76. The first kappa shape index (κ1) is 9.42. The minimum Gasteiger partial charge on any atom is -0.360 e. The molecule has 0 saturated carbocycles. The summed E-state index contributed by atoms with van der Waals surface area (Å²) in [5.74, 6) is 0.486. The van der Waals surface area contributed by atoms with E-state index in [0.717, 1.165) is 9.47 Å². The van der Waals surface area contributed by atoms with E-state index in [1.165, 1.54) is 0 Å². The number of benzene rings is 1. The van der Waals surface area contributed by atoms with E-state index in [1.807, 2.05) is 18.2 Å². The highest BCUT2D eigenvalue weighted by Crippen LogP contribution is 2.23. The Morgan fingerprint density at radius 1 is 1.38 bits per heavy atom. The van der Waals surface area contributed by atoms with Gasteiger partial charge in [0.1, 0.15) is 16.7 Å². The van der Waals surface area contributed by atoms with Gasteiger partial charge in [-0.25, -0.2) is 4.09 Å². The lowest BCUT2D eigenvalue weighted by molar-refractivity contribution is 0.406. The van der Waals surface area contributed by atoms with Gasteiger partial charge >= 0.3 is 0 Å². The molecule has 3 rings (SSSR count). The molecule has 0 saturated heterocycles. The van der Waals surface area contributed by atoms with Crippen molar-refractivity contribution in [1.82, 2.24) is 9.24 Å². The van der Waals surface area contributed by atoms with Crippen molar-refractivity contribution in [3.63, 3.8) is 0 Å². The molecule has 0 radical (unpaired) electrons. The average molecular weight is 235 g/mol. The van der Waals surface area contributed by atoms with Gasteiger partial charge in [0.2, 0.25) is 0 Å². The second-order valence-corrected chi connectivity index (χ2v) is 3.90. The molecule has 3 aromatic rings. The SMILES string of the molecule is Cc1onc2c1c(=O)n(Cl)c1ccccc21. The molecule has 0 amide bonds. The van der Waals surface area contributed by atoms with Crippen molar-refractivity contribution in [3.8, 4) is 0 Å².